The zero-order valence-corrected chi connectivity index (χ0v) is 17.6. The van der Waals surface area contributed by atoms with Gasteiger partial charge in [0.2, 0.25) is 0 Å². The third-order valence-corrected chi connectivity index (χ3v) is 5.61. The number of anilines is 2. The number of aromatic nitrogens is 3. The maximum absolute atomic E-state index is 13.6. The van der Waals surface area contributed by atoms with Crippen molar-refractivity contribution in [1.29, 1.82) is 0 Å². The molecule has 31 heavy (non-hydrogen) atoms. The van der Waals surface area contributed by atoms with Gasteiger partial charge < -0.3 is 16.0 Å². The zero-order chi connectivity index (χ0) is 22.0. The summed E-state index contributed by atoms with van der Waals surface area (Å²) in [5.74, 6) is 0.814. The van der Waals surface area contributed by atoms with Gasteiger partial charge in [0.25, 0.3) is 0 Å². The molecule has 4 aromatic rings. The lowest BCUT2D eigenvalue weighted by atomic mass is 10.0. The summed E-state index contributed by atoms with van der Waals surface area (Å²) < 4.78 is 15.8. The molecule has 4 N–H and O–H groups in total. The predicted octanol–water partition coefficient (Wildman–Crippen LogP) is 4.89. The van der Waals surface area contributed by atoms with Crippen LogP contribution in [0.25, 0.3) is 21.9 Å². The van der Waals surface area contributed by atoms with Crippen molar-refractivity contribution in [3.05, 3.63) is 59.7 Å². The number of pyridine rings is 1. The Kier molecular flexibility index (Phi) is 5.84. The summed E-state index contributed by atoms with van der Waals surface area (Å²) in [5.41, 5.74) is 14.7. The van der Waals surface area contributed by atoms with Crippen LogP contribution in [-0.2, 0) is 13.0 Å². The topological polar surface area (TPSA) is 99.8 Å². The molecule has 2 heterocycles. The number of carbonyl (C=O) groups excluding carboxylic acids is 1. The van der Waals surface area contributed by atoms with Crippen LogP contribution >= 0.6 is 0 Å². The Morgan fingerprint density at radius 1 is 1.06 bits per heavy atom. The highest BCUT2D eigenvalue weighted by molar-refractivity contribution is 6.06. The Hall–Kier alpha value is -3.48. The van der Waals surface area contributed by atoms with Gasteiger partial charge >= 0.3 is 0 Å². The number of imidazole rings is 1. The molecule has 0 unspecified atom stereocenters. The van der Waals surface area contributed by atoms with Gasteiger partial charge in [0.15, 0.2) is 11.6 Å². The van der Waals surface area contributed by atoms with E-state index in [1.165, 1.54) is 12.1 Å². The molecule has 0 fully saturated rings. The quantitative estimate of drug-likeness (QED) is 0.240. The van der Waals surface area contributed by atoms with Crippen LogP contribution in [0.5, 0.6) is 0 Å². The second kappa shape index (κ2) is 8.71. The van der Waals surface area contributed by atoms with Crippen LogP contribution < -0.4 is 11.5 Å². The van der Waals surface area contributed by atoms with Crippen LogP contribution in [0.3, 0.4) is 0 Å². The molecule has 6 nitrogen and oxygen atoms in total. The third kappa shape index (κ3) is 4.08. The summed E-state index contributed by atoms with van der Waals surface area (Å²) in [4.78, 5) is 21.5. The molecule has 0 spiro atoms. The Balaban J connectivity index is 1.45. The smallest absolute Gasteiger partial charge is 0.162 e. The lowest BCUT2D eigenvalue weighted by Crippen LogP contribution is -2.05. The number of halogens is 1. The largest absolute Gasteiger partial charge is 0.396 e. The standard InChI is InChI=1S/C24H26FN5O/c1-2-21-29-22-23(16-8-5-6-9-19(16)28-24(22)27)30(21)13-7-3-4-10-20(31)15-11-12-18(26)17(25)14-15/h5-6,8-9,11-12,14H,2-4,7,10,13,26H2,1H3,(H2,27,28). The van der Waals surface area contributed by atoms with Gasteiger partial charge in [-0.25, -0.2) is 14.4 Å². The van der Waals surface area contributed by atoms with Crippen LogP contribution in [0.4, 0.5) is 15.9 Å². The average Bonchev–Trinajstić information content (AvgIpc) is 3.15. The first-order valence-electron chi connectivity index (χ1n) is 10.6. The maximum Gasteiger partial charge on any atom is 0.162 e. The molecule has 2 aromatic heterocycles. The van der Waals surface area contributed by atoms with Gasteiger partial charge in [-0.3, -0.25) is 4.79 Å². The second-order valence-electron chi connectivity index (χ2n) is 7.71. The first-order chi connectivity index (χ1) is 15.0. The van der Waals surface area contributed by atoms with Crippen molar-refractivity contribution in [2.45, 2.75) is 45.6 Å². The number of hydrogen-bond acceptors (Lipinski definition) is 5. The highest BCUT2D eigenvalue weighted by Crippen LogP contribution is 2.29. The minimum Gasteiger partial charge on any atom is -0.396 e. The maximum atomic E-state index is 13.6. The van der Waals surface area contributed by atoms with Gasteiger partial charge in [-0.2, -0.15) is 0 Å². The fraction of sp³-hybridized carbons (Fsp3) is 0.292. The van der Waals surface area contributed by atoms with Gasteiger partial charge in [0.1, 0.15) is 17.2 Å². The molecule has 0 aliphatic carbocycles. The molecule has 0 amide bonds. The molecular weight excluding hydrogens is 393 g/mol. The Labute approximate surface area is 180 Å². The van der Waals surface area contributed by atoms with Crippen LogP contribution in [0, 0.1) is 5.82 Å². The van der Waals surface area contributed by atoms with Crippen molar-refractivity contribution in [3.8, 4) is 0 Å². The Bertz CT molecular complexity index is 1260. The predicted molar refractivity (Wildman–Crippen MR) is 122 cm³/mol. The molecule has 2 aromatic carbocycles. The Morgan fingerprint density at radius 2 is 1.87 bits per heavy atom. The number of Topliss-reactive ketones (excluding diaryl/α,β-unsaturated/α-hetero) is 1. The van der Waals surface area contributed by atoms with E-state index >= 15 is 0 Å². The number of fused-ring (bicyclic) bond motifs is 3. The fourth-order valence-corrected chi connectivity index (χ4v) is 3.99. The summed E-state index contributed by atoms with van der Waals surface area (Å²) in [5, 5.41) is 1.04. The number of aryl methyl sites for hydroxylation is 2. The van der Waals surface area contributed by atoms with Crippen molar-refractivity contribution in [2.75, 3.05) is 11.5 Å². The molecule has 7 heteroatoms. The first kappa shape index (κ1) is 20.8. The number of carbonyl (C=O) groups is 1. The number of nitrogens with two attached hydrogens (primary N) is 2. The molecular formula is C24H26FN5O. The SMILES string of the molecule is CCc1nc2c(N)nc3ccccc3c2n1CCCCCC(=O)c1ccc(N)c(F)c1. The number of ketones is 1. The number of benzene rings is 2. The van der Waals surface area contributed by atoms with E-state index in [1.54, 1.807) is 6.07 Å². The second-order valence-corrected chi connectivity index (χ2v) is 7.71. The van der Waals surface area contributed by atoms with Gasteiger partial charge in [0, 0.05) is 30.3 Å². The average molecular weight is 420 g/mol. The number of nitrogens with zero attached hydrogens (tertiary/aromatic N) is 3. The lowest BCUT2D eigenvalue weighted by molar-refractivity contribution is 0.0978. The van der Waals surface area contributed by atoms with E-state index in [9.17, 15) is 9.18 Å². The highest BCUT2D eigenvalue weighted by atomic mass is 19.1. The lowest BCUT2D eigenvalue weighted by Gasteiger charge is -2.10. The van der Waals surface area contributed by atoms with Gasteiger partial charge in [-0.15, -0.1) is 0 Å². The number of hydrogen-bond donors (Lipinski definition) is 2. The summed E-state index contributed by atoms with van der Waals surface area (Å²) in [6.45, 7) is 2.87. The van der Waals surface area contributed by atoms with E-state index in [1.807, 2.05) is 24.3 Å². The zero-order valence-electron chi connectivity index (χ0n) is 17.6. The van der Waals surface area contributed by atoms with Crippen molar-refractivity contribution in [2.24, 2.45) is 0 Å². The molecule has 4 rings (SSSR count). The number of rotatable bonds is 8. The fourth-order valence-electron chi connectivity index (χ4n) is 3.99. The van der Waals surface area contributed by atoms with Crippen molar-refractivity contribution in [1.82, 2.24) is 14.5 Å². The van der Waals surface area contributed by atoms with E-state index in [-0.39, 0.29) is 11.5 Å². The van der Waals surface area contributed by atoms with E-state index in [4.69, 9.17) is 16.5 Å². The number of unbranched alkanes of at least 4 members (excludes halogenated alkanes) is 2. The Morgan fingerprint density at radius 3 is 2.65 bits per heavy atom. The van der Waals surface area contributed by atoms with E-state index < -0.39 is 5.82 Å². The van der Waals surface area contributed by atoms with Gasteiger partial charge in [-0.05, 0) is 37.1 Å². The summed E-state index contributed by atoms with van der Waals surface area (Å²) in [6.07, 6.45) is 3.70. The molecule has 0 saturated carbocycles. The summed E-state index contributed by atoms with van der Waals surface area (Å²) in [7, 11) is 0. The number of nitrogen functional groups attached to an aromatic ring is 2. The summed E-state index contributed by atoms with van der Waals surface area (Å²) >= 11 is 0. The minimum absolute atomic E-state index is 0.0548. The molecule has 0 aliphatic rings. The molecule has 160 valence electrons. The molecule has 0 aliphatic heterocycles. The van der Waals surface area contributed by atoms with Crippen molar-refractivity contribution < 1.29 is 9.18 Å². The highest BCUT2D eigenvalue weighted by Gasteiger charge is 2.16. The van der Waals surface area contributed by atoms with E-state index in [0.717, 1.165) is 60.0 Å². The van der Waals surface area contributed by atoms with Crippen LogP contribution in [0.1, 0.15) is 48.8 Å². The number of para-hydroxylation sites is 1. The molecule has 0 radical (unpaired) electrons. The summed E-state index contributed by atoms with van der Waals surface area (Å²) in [6, 6.07) is 12.2. The van der Waals surface area contributed by atoms with Crippen molar-refractivity contribution >= 4 is 39.2 Å². The van der Waals surface area contributed by atoms with E-state index in [0.29, 0.717) is 17.8 Å². The van der Waals surface area contributed by atoms with Gasteiger partial charge in [-0.1, -0.05) is 31.5 Å². The molecule has 0 saturated heterocycles. The van der Waals surface area contributed by atoms with Crippen molar-refractivity contribution in [3.63, 3.8) is 0 Å². The molecule has 0 bridgehead atoms. The van der Waals surface area contributed by atoms with Crippen LogP contribution in [0.2, 0.25) is 0 Å². The normalized spacial score (nSPS) is 11.4. The third-order valence-electron chi connectivity index (χ3n) is 5.61. The van der Waals surface area contributed by atoms with Crippen LogP contribution in [-0.4, -0.2) is 20.3 Å². The minimum atomic E-state index is -0.550. The van der Waals surface area contributed by atoms with E-state index in [2.05, 4.69) is 16.5 Å². The first-order valence-corrected chi connectivity index (χ1v) is 10.6. The van der Waals surface area contributed by atoms with Crippen LogP contribution in [0.15, 0.2) is 42.5 Å². The monoisotopic (exact) mass is 419 g/mol. The van der Waals surface area contributed by atoms with Gasteiger partial charge in [0.05, 0.1) is 16.7 Å². The molecule has 0 atom stereocenters.